The van der Waals surface area contributed by atoms with Gasteiger partial charge >= 0.3 is 0 Å². The highest BCUT2D eigenvalue weighted by Crippen LogP contribution is 2.41. The van der Waals surface area contributed by atoms with Gasteiger partial charge < -0.3 is 9.64 Å². The molecule has 5 nitrogen and oxygen atoms in total. The third-order valence-electron chi connectivity index (χ3n) is 6.75. The van der Waals surface area contributed by atoms with Crippen LogP contribution in [0.5, 0.6) is 0 Å². The molecule has 0 N–H and O–H groups in total. The van der Waals surface area contributed by atoms with Crippen LogP contribution in [0.15, 0.2) is 30.3 Å². The van der Waals surface area contributed by atoms with Crippen molar-refractivity contribution < 1.29 is 4.74 Å². The Hall–Kier alpha value is -1.98. The second-order valence-electron chi connectivity index (χ2n) is 8.59. The first kappa shape index (κ1) is 18.1. The Bertz CT molecular complexity index is 826. The average Bonchev–Trinajstić information content (AvgIpc) is 2.97. The van der Waals surface area contributed by atoms with Crippen molar-refractivity contribution in [3.05, 3.63) is 53.0 Å². The molecule has 148 valence electrons. The van der Waals surface area contributed by atoms with Crippen molar-refractivity contribution in [2.45, 2.75) is 70.3 Å². The van der Waals surface area contributed by atoms with Crippen LogP contribution in [-0.2, 0) is 24.2 Å². The quantitative estimate of drug-likeness (QED) is 0.815. The summed E-state index contributed by atoms with van der Waals surface area (Å²) < 4.78 is 5.71. The molecule has 5 heteroatoms. The third-order valence-corrected chi connectivity index (χ3v) is 6.75. The molecular weight excluding hydrogens is 348 g/mol. The Morgan fingerprint density at radius 3 is 2.54 bits per heavy atom. The number of methoxy groups -OCH3 is 1. The fourth-order valence-electron chi connectivity index (χ4n) is 5.43. The van der Waals surface area contributed by atoms with Crippen LogP contribution in [0.2, 0.25) is 0 Å². The molecule has 3 aliphatic heterocycles. The van der Waals surface area contributed by atoms with Crippen LogP contribution >= 0.6 is 0 Å². The van der Waals surface area contributed by atoms with E-state index in [-0.39, 0.29) is 0 Å². The van der Waals surface area contributed by atoms with E-state index in [1.807, 2.05) is 14.0 Å². The highest BCUT2D eigenvalue weighted by atomic mass is 16.5. The topological polar surface area (TPSA) is 41.5 Å². The predicted octanol–water partition coefficient (Wildman–Crippen LogP) is 3.49. The van der Waals surface area contributed by atoms with Crippen molar-refractivity contribution in [2.75, 3.05) is 18.6 Å². The number of ether oxygens (including phenoxy) is 1. The normalized spacial score (nSPS) is 27.1. The van der Waals surface area contributed by atoms with Crippen LogP contribution in [0.4, 0.5) is 5.82 Å². The van der Waals surface area contributed by atoms with E-state index in [0.717, 1.165) is 44.7 Å². The van der Waals surface area contributed by atoms with Gasteiger partial charge in [0.05, 0.1) is 11.8 Å². The summed E-state index contributed by atoms with van der Waals surface area (Å²) in [7, 11) is 1.86. The zero-order chi connectivity index (χ0) is 19.1. The van der Waals surface area contributed by atoms with E-state index in [1.165, 1.54) is 35.5 Å². The van der Waals surface area contributed by atoms with E-state index >= 15 is 0 Å². The van der Waals surface area contributed by atoms with E-state index in [1.54, 1.807) is 0 Å². The molecule has 2 fully saturated rings. The Balaban J connectivity index is 1.44. The van der Waals surface area contributed by atoms with Crippen molar-refractivity contribution in [3.63, 3.8) is 0 Å². The van der Waals surface area contributed by atoms with Gasteiger partial charge in [-0.25, -0.2) is 9.97 Å². The number of benzene rings is 1. The van der Waals surface area contributed by atoms with Crippen LogP contribution in [0.1, 0.15) is 48.3 Å². The molecule has 2 saturated heterocycles. The Kier molecular flexibility index (Phi) is 4.81. The monoisotopic (exact) mass is 378 g/mol. The lowest BCUT2D eigenvalue weighted by molar-refractivity contribution is 0.0680. The van der Waals surface area contributed by atoms with Crippen LogP contribution in [-0.4, -0.2) is 46.7 Å². The molecule has 1 unspecified atom stereocenters. The fourth-order valence-corrected chi connectivity index (χ4v) is 5.43. The molecule has 5 rings (SSSR count). The lowest BCUT2D eigenvalue weighted by atomic mass is 9.97. The van der Waals surface area contributed by atoms with Gasteiger partial charge in [-0.1, -0.05) is 30.3 Å². The van der Waals surface area contributed by atoms with E-state index < -0.39 is 0 Å². The third kappa shape index (κ3) is 3.31. The Morgan fingerprint density at radius 1 is 1.07 bits per heavy atom. The molecule has 3 aliphatic rings. The molecule has 3 atom stereocenters. The summed E-state index contributed by atoms with van der Waals surface area (Å²) in [4.78, 5) is 15.0. The molecule has 2 bridgehead atoms. The van der Waals surface area contributed by atoms with Crippen LogP contribution < -0.4 is 4.90 Å². The van der Waals surface area contributed by atoms with Crippen molar-refractivity contribution in [1.29, 1.82) is 0 Å². The van der Waals surface area contributed by atoms with Gasteiger partial charge in [-0.05, 0) is 38.2 Å². The van der Waals surface area contributed by atoms with Gasteiger partial charge in [0.25, 0.3) is 0 Å². The van der Waals surface area contributed by atoms with E-state index in [4.69, 9.17) is 14.7 Å². The summed E-state index contributed by atoms with van der Waals surface area (Å²) in [5.41, 5.74) is 4.00. The number of nitrogens with zero attached hydrogens (tertiary/aromatic N) is 4. The maximum Gasteiger partial charge on any atom is 0.137 e. The van der Waals surface area contributed by atoms with Gasteiger partial charge in [-0.15, -0.1) is 0 Å². The number of aromatic nitrogens is 2. The number of rotatable bonds is 4. The molecule has 0 aliphatic carbocycles. The minimum Gasteiger partial charge on any atom is -0.381 e. The molecule has 2 aromatic rings. The molecule has 0 amide bonds. The number of piperidine rings is 1. The molecule has 0 saturated carbocycles. The second-order valence-corrected chi connectivity index (χ2v) is 8.59. The van der Waals surface area contributed by atoms with Gasteiger partial charge in [0.2, 0.25) is 0 Å². The maximum absolute atomic E-state index is 5.71. The highest BCUT2D eigenvalue weighted by Gasteiger charge is 2.43. The Morgan fingerprint density at radius 2 is 1.82 bits per heavy atom. The minimum absolute atomic E-state index is 0.405. The summed E-state index contributed by atoms with van der Waals surface area (Å²) in [6.07, 6.45) is 6.19. The summed E-state index contributed by atoms with van der Waals surface area (Å²) >= 11 is 0. The largest absolute Gasteiger partial charge is 0.381 e. The number of hydrogen-bond donors (Lipinski definition) is 0. The summed E-state index contributed by atoms with van der Waals surface area (Å²) in [5.74, 6) is 2.13. The van der Waals surface area contributed by atoms with Crippen molar-refractivity contribution in [3.8, 4) is 0 Å². The van der Waals surface area contributed by atoms with Crippen LogP contribution in [0.25, 0.3) is 0 Å². The van der Waals surface area contributed by atoms with Gasteiger partial charge in [0.15, 0.2) is 0 Å². The number of hydrogen-bond acceptors (Lipinski definition) is 5. The first-order valence-corrected chi connectivity index (χ1v) is 10.6. The SMILES string of the molecule is COC1C[C@H]2CC[C@@H](C1)N2c1nc(C)nc2c1CN(Cc1ccccc1)CC2. The van der Waals surface area contributed by atoms with Gasteiger partial charge in [-0.2, -0.15) is 0 Å². The molecule has 28 heavy (non-hydrogen) atoms. The standard InChI is InChI=1S/C23H30N4O/c1-16-24-22-10-11-26(14-17-6-4-3-5-7-17)15-21(22)23(25-16)27-18-8-9-19(27)13-20(12-18)28-2/h3-7,18-20H,8-15H2,1-2H3/t18-,19+,20?. The highest BCUT2D eigenvalue weighted by molar-refractivity contribution is 5.53. The summed E-state index contributed by atoms with van der Waals surface area (Å²) in [6.45, 7) is 5.05. The Labute approximate surface area is 167 Å². The smallest absolute Gasteiger partial charge is 0.137 e. The lowest BCUT2D eigenvalue weighted by Crippen LogP contribution is -2.47. The zero-order valence-corrected chi connectivity index (χ0v) is 17.0. The van der Waals surface area contributed by atoms with Crippen LogP contribution in [0.3, 0.4) is 0 Å². The summed E-state index contributed by atoms with van der Waals surface area (Å²) in [5, 5.41) is 0. The lowest BCUT2D eigenvalue weighted by Gasteiger charge is -2.41. The number of anilines is 1. The number of fused-ring (bicyclic) bond motifs is 3. The molecule has 4 heterocycles. The van der Waals surface area contributed by atoms with E-state index in [2.05, 4.69) is 40.1 Å². The van der Waals surface area contributed by atoms with Gasteiger partial charge in [0, 0.05) is 50.8 Å². The maximum atomic E-state index is 5.71. The van der Waals surface area contributed by atoms with E-state index in [0.29, 0.717) is 18.2 Å². The van der Waals surface area contributed by atoms with Gasteiger partial charge in [0.1, 0.15) is 11.6 Å². The van der Waals surface area contributed by atoms with Crippen molar-refractivity contribution in [2.24, 2.45) is 0 Å². The zero-order valence-electron chi connectivity index (χ0n) is 17.0. The first-order valence-electron chi connectivity index (χ1n) is 10.6. The molecule has 1 aromatic carbocycles. The predicted molar refractivity (Wildman–Crippen MR) is 110 cm³/mol. The first-order chi connectivity index (χ1) is 13.7. The fraction of sp³-hybridized carbons (Fsp3) is 0.565. The molecular formula is C23H30N4O. The minimum atomic E-state index is 0.405. The van der Waals surface area contributed by atoms with Crippen LogP contribution in [0, 0.1) is 6.92 Å². The summed E-state index contributed by atoms with van der Waals surface area (Å²) in [6, 6.07) is 11.9. The average molecular weight is 379 g/mol. The van der Waals surface area contributed by atoms with Crippen molar-refractivity contribution in [1.82, 2.24) is 14.9 Å². The molecule has 0 radical (unpaired) electrons. The van der Waals surface area contributed by atoms with E-state index in [9.17, 15) is 0 Å². The second kappa shape index (κ2) is 7.45. The van der Waals surface area contributed by atoms with Crippen molar-refractivity contribution >= 4 is 5.82 Å². The number of aryl methyl sites for hydroxylation is 1. The molecule has 1 aromatic heterocycles. The molecule has 0 spiro atoms. The van der Waals surface area contributed by atoms with Gasteiger partial charge in [-0.3, -0.25) is 4.90 Å².